The molecule has 0 radical (unpaired) electrons. The third kappa shape index (κ3) is 7.20. The Morgan fingerprint density at radius 3 is 2.46 bits per heavy atom. The van der Waals surface area contributed by atoms with Gasteiger partial charge < -0.3 is 14.2 Å². The molecule has 3 aromatic heterocycles. The van der Waals surface area contributed by atoms with Crippen LogP contribution in [-0.4, -0.2) is 70.8 Å². The second-order valence-electron chi connectivity index (χ2n) is 8.34. The zero-order chi connectivity index (χ0) is 27.0. The topological polar surface area (TPSA) is 143 Å². The lowest BCUT2D eigenvalue weighted by Crippen LogP contribution is -2.34. The molecular formula is C23H32ClN7O5S. The summed E-state index contributed by atoms with van der Waals surface area (Å²) in [4.78, 5) is 12.6. The largest absolute Gasteiger partial charge is 0.385 e. The van der Waals surface area contributed by atoms with E-state index in [0.29, 0.717) is 42.5 Å². The van der Waals surface area contributed by atoms with Gasteiger partial charge in [-0.05, 0) is 31.9 Å². The van der Waals surface area contributed by atoms with Crippen molar-refractivity contribution >= 4 is 27.6 Å². The predicted octanol–water partition coefficient (Wildman–Crippen LogP) is 3.57. The van der Waals surface area contributed by atoms with Gasteiger partial charge >= 0.3 is 0 Å². The number of nitrogens with one attached hydrogen (secondary N) is 1. The van der Waals surface area contributed by atoms with Crippen LogP contribution in [0.5, 0.6) is 0 Å². The van der Waals surface area contributed by atoms with Gasteiger partial charge in [0.2, 0.25) is 16.0 Å². The number of halogens is 1. The lowest BCUT2D eigenvalue weighted by molar-refractivity contribution is 0.0189. The first-order valence-corrected chi connectivity index (χ1v) is 13.6. The van der Waals surface area contributed by atoms with E-state index < -0.39 is 27.6 Å². The molecule has 0 aromatic carbocycles. The molecular weight excluding hydrogens is 522 g/mol. The van der Waals surface area contributed by atoms with E-state index in [4.69, 9.17) is 25.8 Å². The number of aromatic nitrogens is 6. The van der Waals surface area contributed by atoms with Gasteiger partial charge in [0.25, 0.3) is 0 Å². The molecule has 1 N–H and O–H groups in total. The smallest absolute Gasteiger partial charge is 0.240 e. The van der Waals surface area contributed by atoms with E-state index in [0.717, 1.165) is 5.56 Å². The van der Waals surface area contributed by atoms with Gasteiger partial charge in [-0.1, -0.05) is 18.5 Å². The number of hydrogen-bond acceptors (Lipinski definition) is 10. The molecule has 0 spiro atoms. The summed E-state index contributed by atoms with van der Waals surface area (Å²) in [5.41, 5.74) is 1.57. The molecule has 3 heterocycles. The van der Waals surface area contributed by atoms with Crippen molar-refractivity contribution in [2.75, 3.05) is 32.2 Å². The fourth-order valence-electron chi connectivity index (χ4n) is 3.60. The highest BCUT2D eigenvalue weighted by atomic mass is 35.5. The van der Waals surface area contributed by atoms with Gasteiger partial charge in [0.05, 0.1) is 11.6 Å². The summed E-state index contributed by atoms with van der Waals surface area (Å²) in [6, 6.07) is 1.88. The van der Waals surface area contributed by atoms with Crippen molar-refractivity contribution in [2.24, 2.45) is 0 Å². The SMILES string of the molecule is CCCO[C@@H](c1ncc(Cl)cn1)[C@H](C)S(=O)(=O)Nc1nnc(-c2cncc(C)c2)n1C(CCOC)OC. The molecule has 3 atom stereocenters. The molecule has 0 aliphatic rings. The second kappa shape index (κ2) is 13.2. The van der Waals surface area contributed by atoms with Gasteiger partial charge in [0.1, 0.15) is 17.6 Å². The molecule has 14 heteroatoms. The number of nitrogens with zero attached hydrogens (tertiary/aromatic N) is 6. The highest BCUT2D eigenvalue weighted by molar-refractivity contribution is 7.93. The number of pyridine rings is 1. The van der Waals surface area contributed by atoms with Crippen molar-refractivity contribution in [1.29, 1.82) is 0 Å². The molecule has 37 heavy (non-hydrogen) atoms. The van der Waals surface area contributed by atoms with Crippen LogP contribution in [0, 0.1) is 6.92 Å². The maximum absolute atomic E-state index is 13.6. The van der Waals surface area contributed by atoms with Gasteiger partial charge in [-0.15, -0.1) is 10.2 Å². The van der Waals surface area contributed by atoms with Gasteiger partial charge in [-0.25, -0.2) is 18.4 Å². The van der Waals surface area contributed by atoms with Crippen molar-refractivity contribution in [2.45, 2.75) is 51.2 Å². The normalized spacial score (nSPS) is 14.3. The first kappa shape index (κ1) is 28.9. The number of aryl methyl sites for hydroxylation is 1. The van der Waals surface area contributed by atoms with Gasteiger partial charge in [0.15, 0.2) is 11.6 Å². The number of sulfonamides is 1. The van der Waals surface area contributed by atoms with E-state index in [1.165, 1.54) is 26.4 Å². The molecule has 202 valence electrons. The van der Waals surface area contributed by atoms with Crippen molar-refractivity contribution in [3.8, 4) is 11.4 Å². The molecule has 3 aromatic rings. The summed E-state index contributed by atoms with van der Waals surface area (Å²) in [5, 5.41) is 7.67. The third-order valence-electron chi connectivity index (χ3n) is 5.50. The quantitative estimate of drug-likeness (QED) is 0.314. The third-order valence-corrected chi connectivity index (χ3v) is 7.39. The van der Waals surface area contributed by atoms with Crippen LogP contribution in [0.1, 0.15) is 50.4 Å². The van der Waals surface area contributed by atoms with Gasteiger partial charge in [-0.2, -0.15) is 0 Å². The van der Waals surface area contributed by atoms with E-state index in [1.807, 2.05) is 19.9 Å². The number of methoxy groups -OCH3 is 2. The lowest BCUT2D eigenvalue weighted by Gasteiger charge is -2.25. The van der Waals surface area contributed by atoms with Crippen molar-refractivity contribution in [3.63, 3.8) is 0 Å². The Kier molecular flexibility index (Phi) is 10.3. The fourth-order valence-corrected chi connectivity index (χ4v) is 4.80. The average molecular weight is 554 g/mol. The Morgan fingerprint density at radius 2 is 1.84 bits per heavy atom. The van der Waals surface area contributed by atoms with E-state index >= 15 is 0 Å². The molecule has 0 fully saturated rings. The van der Waals surface area contributed by atoms with Crippen LogP contribution in [-0.2, 0) is 24.2 Å². The standard InChI is InChI=1S/C23H32ClN7O5S/c1-6-8-36-20(21-26-13-18(24)14-27-21)16(3)37(32,33)30-23-29-28-22(17-10-15(2)11-25-12-17)31(23)19(35-5)7-9-34-4/h10-14,16,19-20H,6-9H2,1-5H3,(H,29,30)/t16-,19?,20+/m0/s1. The summed E-state index contributed by atoms with van der Waals surface area (Å²) < 4.78 is 48.1. The highest BCUT2D eigenvalue weighted by Crippen LogP contribution is 2.30. The Labute approximate surface area is 221 Å². The van der Waals surface area contributed by atoms with E-state index in [1.54, 1.807) is 24.1 Å². The van der Waals surface area contributed by atoms with Crippen LogP contribution >= 0.6 is 11.6 Å². The molecule has 0 aliphatic heterocycles. The van der Waals surface area contributed by atoms with Crippen LogP contribution in [0.25, 0.3) is 11.4 Å². The Morgan fingerprint density at radius 1 is 1.11 bits per heavy atom. The molecule has 0 saturated heterocycles. The lowest BCUT2D eigenvalue weighted by atomic mass is 10.2. The van der Waals surface area contributed by atoms with Crippen LogP contribution < -0.4 is 4.72 Å². The van der Waals surface area contributed by atoms with Crippen LogP contribution in [0.3, 0.4) is 0 Å². The Hall–Kier alpha value is -2.71. The van der Waals surface area contributed by atoms with Gasteiger partial charge in [0, 0.05) is 57.6 Å². The number of ether oxygens (including phenoxy) is 3. The maximum atomic E-state index is 13.6. The molecule has 0 saturated carbocycles. The van der Waals surface area contributed by atoms with E-state index in [9.17, 15) is 8.42 Å². The molecule has 0 bridgehead atoms. The summed E-state index contributed by atoms with van der Waals surface area (Å²) in [6.07, 6.45) is 5.67. The highest BCUT2D eigenvalue weighted by Gasteiger charge is 2.35. The first-order chi connectivity index (χ1) is 17.7. The van der Waals surface area contributed by atoms with E-state index in [2.05, 4.69) is 29.9 Å². The minimum Gasteiger partial charge on any atom is -0.385 e. The summed E-state index contributed by atoms with van der Waals surface area (Å²) in [7, 11) is -0.983. The minimum absolute atomic E-state index is 0.0161. The Balaban J connectivity index is 2.01. The number of anilines is 1. The molecule has 1 unspecified atom stereocenters. The average Bonchev–Trinajstić information content (AvgIpc) is 3.28. The monoisotopic (exact) mass is 553 g/mol. The van der Waals surface area contributed by atoms with Crippen LogP contribution in [0.4, 0.5) is 5.95 Å². The number of hydrogen-bond donors (Lipinski definition) is 1. The summed E-state index contributed by atoms with van der Waals surface area (Å²) in [5.74, 6) is 0.584. The minimum atomic E-state index is -4.08. The van der Waals surface area contributed by atoms with Crippen LogP contribution in [0.2, 0.25) is 5.02 Å². The van der Waals surface area contributed by atoms with Crippen molar-refractivity contribution in [3.05, 3.63) is 47.3 Å². The second-order valence-corrected chi connectivity index (χ2v) is 10.8. The van der Waals surface area contributed by atoms with Crippen LogP contribution in [0.15, 0.2) is 30.9 Å². The first-order valence-electron chi connectivity index (χ1n) is 11.7. The zero-order valence-corrected chi connectivity index (χ0v) is 23.0. The molecule has 0 aliphatic carbocycles. The molecule has 0 amide bonds. The van der Waals surface area contributed by atoms with Crippen molar-refractivity contribution < 1.29 is 22.6 Å². The maximum Gasteiger partial charge on any atom is 0.240 e. The number of rotatable bonds is 14. The zero-order valence-electron chi connectivity index (χ0n) is 21.5. The van der Waals surface area contributed by atoms with E-state index in [-0.39, 0.29) is 11.8 Å². The van der Waals surface area contributed by atoms with Crippen molar-refractivity contribution in [1.82, 2.24) is 29.7 Å². The summed E-state index contributed by atoms with van der Waals surface area (Å²) >= 11 is 5.92. The Bertz CT molecular complexity index is 1260. The molecule has 3 rings (SSSR count). The van der Waals surface area contributed by atoms with Gasteiger partial charge in [-0.3, -0.25) is 14.3 Å². The summed E-state index contributed by atoms with van der Waals surface area (Å²) in [6.45, 7) is 6.03. The predicted molar refractivity (Wildman–Crippen MR) is 139 cm³/mol. The molecule has 12 nitrogen and oxygen atoms in total. The fraction of sp³-hybridized carbons (Fsp3) is 0.522.